The molecule has 0 aliphatic rings. The van der Waals surface area contributed by atoms with E-state index in [9.17, 15) is 39.5 Å². The highest BCUT2D eigenvalue weighted by molar-refractivity contribution is 6.11. The molecule has 0 aromatic heterocycles. The Bertz CT molecular complexity index is 242. The number of alkyl halides is 9. The van der Waals surface area contributed by atoms with Crippen molar-refractivity contribution in [1.29, 1.82) is 0 Å². The van der Waals surface area contributed by atoms with E-state index in [-0.39, 0.29) is 6.42 Å². The van der Waals surface area contributed by atoms with Gasteiger partial charge >= 0.3 is 24.1 Å². The monoisotopic (exact) mass is 306 g/mol. The van der Waals surface area contributed by atoms with E-state index < -0.39 is 45.4 Å². The molecule has 0 aliphatic carbocycles. The van der Waals surface area contributed by atoms with Gasteiger partial charge < -0.3 is 4.74 Å². The van der Waals surface area contributed by atoms with Crippen molar-refractivity contribution in [3.8, 4) is 0 Å². The highest BCUT2D eigenvalue weighted by Crippen LogP contribution is 2.55. The molecule has 0 saturated carbocycles. The maximum Gasteiger partial charge on any atom is 0.435 e. The van der Waals surface area contributed by atoms with Gasteiger partial charge in [-0.05, 0) is 11.4 Å². The van der Waals surface area contributed by atoms with Gasteiger partial charge in [0.2, 0.25) is 0 Å². The second kappa shape index (κ2) is 5.09. The molecule has 1 unspecified atom stereocenters. The second-order valence-corrected chi connectivity index (χ2v) is 4.80. The van der Waals surface area contributed by atoms with Crippen molar-refractivity contribution in [2.45, 2.75) is 42.4 Å². The van der Waals surface area contributed by atoms with Crippen LogP contribution in [0.5, 0.6) is 0 Å². The maximum atomic E-state index is 12.3. The fourth-order valence-electron chi connectivity index (χ4n) is 1.07. The van der Waals surface area contributed by atoms with Crippen LogP contribution in [0, 0.1) is 0 Å². The summed E-state index contributed by atoms with van der Waals surface area (Å²) in [5, 5.41) is 0. The molecule has 1 atom stereocenters. The third kappa shape index (κ3) is 3.06. The van der Waals surface area contributed by atoms with Crippen LogP contribution in [0.15, 0.2) is 0 Å². The Balaban J connectivity index is 5.92. The lowest BCUT2D eigenvalue weighted by molar-refractivity contribution is -0.460. The van der Waals surface area contributed by atoms with Crippen LogP contribution < -0.4 is 0 Å². The topological polar surface area (TPSA) is 9.23 Å². The van der Waals surface area contributed by atoms with Gasteiger partial charge in [0.15, 0.2) is 0 Å². The molecule has 108 valence electrons. The van der Waals surface area contributed by atoms with Crippen LogP contribution in [0.1, 0.15) is 13.3 Å². The van der Waals surface area contributed by atoms with Gasteiger partial charge in [0.1, 0.15) is 0 Å². The molecule has 0 spiro atoms. The first kappa shape index (κ1) is 17.9. The highest BCUT2D eigenvalue weighted by atomic mass is 27.0. The Kier molecular flexibility index (Phi) is 5.05. The average molecular weight is 306 g/mol. The quantitative estimate of drug-likeness (QED) is 0.575. The summed E-state index contributed by atoms with van der Waals surface area (Å²) in [7, 11) is 0. The minimum atomic E-state index is -6.64. The lowest BCUT2D eigenvalue weighted by atomic mass is 10.0. The van der Waals surface area contributed by atoms with Crippen LogP contribution in [0.3, 0.4) is 0 Å². The number of ether oxygens (including phenoxy) is 1. The SMILES string of the molecule is CC[CH]([AlH2])OC(C(F)(F)F)(C(F)(F)F)C(F)(F)F. The Morgan fingerprint density at radius 1 is 0.833 bits per heavy atom. The zero-order valence-electron chi connectivity index (χ0n) is 9.09. The number of hydrogen-bond acceptors (Lipinski definition) is 1. The Morgan fingerprint density at radius 3 is 1.28 bits per heavy atom. The summed E-state index contributed by atoms with van der Waals surface area (Å²) < 4.78 is 114. The van der Waals surface area contributed by atoms with E-state index in [1.807, 2.05) is 0 Å². The molecule has 0 rings (SSSR count). The molecule has 18 heavy (non-hydrogen) atoms. The van der Waals surface area contributed by atoms with Crippen molar-refractivity contribution in [3.63, 3.8) is 0 Å². The Hall–Kier alpha value is -0.138. The van der Waals surface area contributed by atoms with E-state index in [0.717, 1.165) is 6.92 Å². The van der Waals surface area contributed by atoms with Gasteiger partial charge in [-0.1, -0.05) is 6.92 Å². The average Bonchev–Trinajstić information content (AvgIpc) is 2.07. The molecule has 0 fully saturated rings. The van der Waals surface area contributed by atoms with E-state index in [0.29, 0.717) is 0 Å². The predicted octanol–water partition coefficient (Wildman–Crippen LogP) is 2.80. The molecule has 0 aromatic rings. The standard InChI is InChI=1S/C7H6F9O.Al.2H/c1-2-3-17-4(5(8,9)10,6(11,12)13)7(14,15)16;;;/h3H,2H2,1H3;;;. The van der Waals surface area contributed by atoms with E-state index >= 15 is 0 Å². The first-order valence-electron chi connectivity index (χ1n) is 4.58. The van der Waals surface area contributed by atoms with Crippen molar-refractivity contribution >= 4 is 16.3 Å². The number of rotatable bonds is 3. The molecule has 0 bridgehead atoms. The number of halogens is 9. The van der Waals surface area contributed by atoms with Gasteiger partial charge in [-0.2, -0.15) is 39.5 Å². The lowest BCUT2D eigenvalue weighted by Crippen LogP contribution is -2.68. The first-order chi connectivity index (χ1) is 7.70. The second-order valence-electron chi connectivity index (χ2n) is 3.51. The van der Waals surface area contributed by atoms with Crippen LogP contribution in [-0.4, -0.2) is 45.4 Å². The first-order valence-corrected chi connectivity index (χ1v) is 5.74. The van der Waals surface area contributed by atoms with Crippen LogP contribution in [0.4, 0.5) is 39.5 Å². The molecule has 0 amide bonds. The van der Waals surface area contributed by atoms with Gasteiger partial charge in [-0.3, -0.25) is 0 Å². The van der Waals surface area contributed by atoms with Gasteiger partial charge in [0.25, 0.3) is 16.3 Å². The third-order valence-electron chi connectivity index (χ3n) is 2.15. The van der Waals surface area contributed by atoms with Crippen molar-refractivity contribution in [1.82, 2.24) is 0 Å². The molecule has 0 aromatic carbocycles. The summed E-state index contributed by atoms with van der Waals surface area (Å²) in [6.07, 6.45) is -20.3. The molecular weight excluding hydrogens is 298 g/mol. The van der Waals surface area contributed by atoms with Crippen LogP contribution in [0.25, 0.3) is 0 Å². The largest absolute Gasteiger partial charge is 0.435 e. The highest BCUT2D eigenvalue weighted by Gasteiger charge is 2.85. The third-order valence-corrected chi connectivity index (χ3v) is 3.20. The molecule has 1 nitrogen and oxygen atoms in total. The van der Waals surface area contributed by atoms with Crippen molar-refractivity contribution in [3.05, 3.63) is 0 Å². The predicted molar refractivity (Wildman–Crippen MR) is 44.6 cm³/mol. The summed E-state index contributed by atoms with van der Waals surface area (Å²) >= 11 is -0.400. The Morgan fingerprint density at radius 2 is 1.11 bits per heavy atom. The molecular formula is C7H8AlF9O. The summed E-state index contributed by atoms with van der Waals surface area (Å²) in [4.78, 5) is -1.73. The van der Waals surface area contributed by atoms with E-state index in [2.05, 4.69) is 4.74 Å². The fraction of sp³-hybridized carbons (Fsp3) is 1.00. The normalized spacial score (nSPS) is 16.8. The van der Waals surface area contributed by atoms with Crippen molar-refractivity contribution in [2.75, 3.05) is 0 Å². The van der Waals surface area contributed by atoms with Crippen molar-refractivity contribution < 1.29 is 44.3 Å². The summed E-state index contributed by atoms with van der Waals surface area (Å²) in [5.74, 6) is 0. The summed E-state index contributed by atoms with van der Waals surface area (Å²) in [6, 6.07) is 0. The van der Waals surface area contributed by atoms with Gasteiger partial charge in [-0.15, -0.1) is 0 Å². The maximum absolute atomic E-state index is 12.3. The lowest BCUT2D eigenvalue weighted by Gasteiger charge is -2.39. The zero-order chi connectivity index (χ0) is 15.0. The molecule has 0 N–H and O–H groups in total. The van der Waals surface area contributed by atoms with E-state index in [1.165, 1.54) is 0 Å². The summed E-state index contributed by atoms with van der Waals surface area (Å²) in [6.45, 7) is 1.13. The smallest absolute Gasteiger partial charge is 0.364 e. The van der Waals surface area contributed by atoms with Gasteiger partial charge in [0.05, 0.1) is 0 Å². The molecule has 0 saturated heterocycles. The van der Waals surface area contributed by atoms with Gasteiger partial charge in [-0.25, -0.2) is 0 Å². The molecule has 0 radical (unpaired) electrons. The minimum absolute atomic E-state index is 0.379. The van der Waals surface area contributed by atoms with Crippen LogP contribution in [-0.2, 0) is 4.74 Å². The van der Waals surface area contributed by atoms with Gasteiger partial charge in [0, 0.05) is 0 Å². The van der Waals surface area contributed by atoms with Crippen LogP contribution >= 0.6 is 0 Å². The molecule has 11 heteroatoms. The summed E-state index contributed by atoms with van der Waals surface area (Å²) in [5.41, 5.74) is -6.13. The van der Waals surface area contributed by atoms with Crippen molar-refractivity contribution in [2.24, 2.45) is 0 Å². The fourth-order valence-corrected chi connectivity index (χ4v) is 1.42. The van der Waals surface area contributed by atoms with E-state index in [4.69, 9.17) is 0 Å². The Labute approximate surface area is 104 Å². The zero-order valence-corrected chi connectivity index (χ0v) is 11.1. The molecule has 0 aliphatic heterocycles. The number of hydrogen-bond donors (Lipinski definition) is 0. The van der Waals surface area contributed by atoms with Crippen LogP contribution in [0.2, 0.25) is 0 Å². The van der Waals surface area contributed by atoms with E-state index in [1.54, 1.807) is 0 Å². The molecule has 0 heterocycles. The minimum Gasteiger partial charge on any atom is -0.364 e.